The summed E-state index contributed by atoms with van der Waals surface area (Å²) in [7, 11) is -3.50. The van der Waals surface area contributed by atoms with Gasteiger partial charge < -0.3 is 9.47 Å². The molecule has 0 aromatic carbocycles. The maximum atomic E-state index is 11.7. The van der Waals surface area contributed by atoms with Crippen molar-refractivity contribution in [1.82, 2.24) is 0 Å². The zero-order chi connectivity index (χ0) is 38.1. The topological polar surface area (TPSA) is 61.8 Å². The van der Waals surface area contributed by atoms with Crippen molar-refractivity contribution in [2.24, 2.45) is 5.41 Å². The first-order chi connectivity index (χ1) is 25.3. The molecule has 0 aromatic rings. The second-order valence-electron chi connectivity index (χ2n) is 16.9. The zero-order valence-corrected chi connectivity index (χ0v) is 36.8. The van der Waals surface area contributed by atoms with Gasteiger partial charge in [0.15, 0.2) is 0 Å². The summed E-state index contributed by atoms with van der Waals surface area (Å²) < 4.78 is 40.6. The quantitative estimate of drug-likeness (QED) is 0.0457. The number of hydrogen-bond donors (Lipinski definition) is 0. The summed E-state index contributed by atoms with van der Waals surface area (Å²) in [6.45, 7) is 9.05. The molecule has 0 aliphatic rings. The maximum absolute atomic E-state index is 11.7. The minimum absolute atomic E-state index is 0.101. The molecule has 314 valence electrons. The third-order valence-corrected chi connectivity index (χ3v) is 11.4. The normalized spacial score (nSPS) is 12.3. The Labute approximate surface area is 327 Å². The largest absolute Gasteiger partial charge is 0.381 e. The lowest BCUT2D eigenvalue weighted by atomic mass is 9.94. The second kappa shape index (κ2) is 40.5. The minimum Gasteiger partial charge on any atom is -0.381 e. The van der Waals surface area contributed by atoms with E-state index in [0.29, 0.717) is 26.4 Å². The van der Waals surface area contributed by atoms with Crippen LogP contribution in [0.5, 0.6) is 0 Å². The van der Waals surface area contributed by atoms with Gasteiger partial charge in [-0.25, -0.2) is 0 Å². The van der Waals surface area contributed by atoms with Gasteiger partial charge in [0.2, 0.25) is 0 Å². The smallest absolute Gasteiger partial charge is 0.264 e. The molecule has 0 atom stereocenters. The van der Waals surface area contributed by atoms with E-state index >= 15 is 0 Å². The SMILES string of the molecule is CCCCCCCCCCCCCCCCCCCCOCC(C)(COCCCCCCCCCCCCCCCCCCCC)COS(C)(=O)=O. The van der Waals surface area contributed by atoms with Crippen LogP contribution in [0.25, 0.3) is 0 Å². The summed E-state index contributed by atoms with van der Waals surface area (Å²) in [4.78, 5) is 0. The average Bonchev–Trinajstić information content (AvgIpc) is 3.12. The van der Waals surface area contributed by atoms with Crippen LogP contribution < -0.4 is 0 Å². The first-order valence-corrected chi connectivity index (χ1v) is 25.1. The Hall–Kier alpha value is -0.170. The Balaban J connectivity index is 3.70. The van der Waals surface area contributed by atoms with Crippen molar-refractivity contribution in [2.75, 3.05) is 39.3 Å². The molecule has 0 aromatic heterocycles. The summed E-state index contributed by atoms with van der Waals surface area (Å²) in [5.74, 6) is 0. The molecular formula is C46H94O5S. The molecule has 6 heteroatoms. The lowest BCUT2D eigenvalue weighted by Gasteiger charge is -2.28. The lowest BCUT2D eigenvalue weighted by molar-refractivity contribution is -0.0353. The highest BCUT2D eigenvalue weighted by Crippen LogP contribution is 2.21. The number of ether oxygens (including phenoxy) is 2. The highest BCUT2D eigenvalue weighted by atomic mass is 32.2. The van der Waals surface area contributed by atoms with E-state index in [2.05, 4.69) is 13.8 Å². The molecular weight excluding hydrogens is 665 g/mol. The summed E-state index contributed by atoms with van der Waals surface area (Å²) in [5, 5.41) is 0. The monoisotopic (exact) mass is 759 g/mol. The van der Waals surface area contributed by atoms with Crippen LogP contribution in [0.3, 0.4) is 0 Å². The van der Waals surface area contributed by atoms with Gasteiger partial charge in [-0.2, -0.15) is 8.42 Å². The first-order valence-electron chi connectivity index (χ1n) is 23.3. The van der Waals surface area contributed by atoms with Crippen molar-refractivity contribution in [3.63, 3.8) is 0 Å². The minimum atomic E-state index is -3.50. The Morgan fingerprint density at radius 3 is 0.769 bits per heavy atom. The molecule has 0 fully saturated rings. The van der Waals surface area contributed by atoms with Gasteiger partial charge in [0, 0.05) is 18.6 Å². The Bertz CT molecular complexity index is 742. The Kier molecular flexibility index (Phi) is 40.4. The molecule has 0 amide bonds. The highest BCUT2D eigenvalue weighted by Gasteiger charge is 2.27. The molecule has 0 radical (unpaired) electrons. The van der Waals surface area contributed by atoms with Crippen molar-refractivity contribution < 1.29 is 22.1 Å². The fraction of sp³-hybridized carbons (Fsp3) is 1.00. The van der Waals surface area contributed by atoms with Crippen LogP contribution in [0.15, 0.2) is 0 Å². The van der Waals surface area contributed by atoms with E-state index in [1.807, 2.05) is 6.92 Å². The first kappa shape index (κ1) is 51.8. The van der Waals surface area contributed by atoms with E-state index in [1.165, 1.54) is 218 Å². The van der Waals surface area contributed by atoms with Crippen LogP contribution in [0.2, 0.25) is 0 Å². The van der Waals surface area contributed by atoms with Gasteiger partial charge in [-0.15, -0.1) is 0 Å². The summed E-state index contributed by atoms with van der Waals surface area (Å²) in [6, 6.07) is 0. The molecule has 0 spiro atoms. The van der Waals surface area contributed by atoms with Gasteiger partial charge in [-0.1, -0.05) is 239 Å². The predicted molar refractivity (Wildman–Crippen MR) is 228 cm³/mol. The molecule has 52 heavy (non-hydrogen) atoms. The predicted octanol–water partition coefficient (Wildman–Crippen LogP) is 15.1. The van der Waals surface area contributed by atoms with Gasteiger partial charge in [-0.05, 0) is 12.8 Å². The third-order valence-electron chi connectivity index (χ3n) is 10.8. The molecule has 0 saturated heterocycles. The van der Waals surface area contributed by atoms with Crippen molar-refractivity contribution in [3.8, 4) is 0 Å². The molecule has 0 bridgehead atoms. The van der Waals surface area contributed by atoms with E-state index in [4.69, 9.17) is 13.7 Å². The second-order valence-corrected chi connectivity index (χ2v) is 18.5. The maximum Gasteiger partial charge on any atom is 0.264 e. The van der Waals surface area contributed by atoms with E-state index in [-0.39, 0.29) is 6.61 Å². The summed E-state index contributed by atoms with van der Waals surface area (Å²) in [5.41, 5.74) is -0.467. The van der Waals surface area contributed by atoms with Crippen LogP contribution in [0.1, 0.15) is 252 Å². The van der Waals surface area contributed by atoms with Gasteiger partial charge in [-0.3, -0.25) is 4.18 Å². The molecule has 0 unspecified atom stereocenters. The van der Waals surface area contributed by atoms with Gasteiger partial charge in [0.1, 0.15) is 0 Å². The molecule has 0 aliphatic heterocycles. The number of hydrogen-bond acceptors (Lipinski definition) is 5. The average molecular weight is 759 g/mol. The van der Waals surface area contributed by atoms with Crippen LogP contribution >= 0.6 is 0 Å². The molecule has 0 N–H and O–H groups in total. The third kappa shape index (κ3) is 42.6. The fourth-order valence-corrected chi connectivity index (χ4v) is 7.72. The van der Waals surface area contributed by atoms with Crippen LogP contribution in [-0.2, 0) is 23.8 Å². The van der Waals surface area contributed by atoms with E-state index in [1.54, 1.807) is 0 Å². The van der Waals surface area contributed by atoms with Crippen molar-refractivity contribution >= 4 is 10.1 Å². The molecule has 5 nitrogen and oxygen atoms in total. The van der Waals surface area contributed by atoms with Gasteiger partial charge in [0.05, 0.1) is 26.1 Å². The molecule has 0 rings (SSSR count). The van der Waals surface area contributed by atoms with E-state index in [9.17, 15) is 8.42 Å². The molecule has 0 aliphatic carbocycles. The van der Waals surface area contributed by atoms with Gasteiger partial charge >= 0.3 is 0 Å². The standard InChI is InChI=1S/C46H94O5S/c1-5-7-9-11-13-15-17-19-21-23-25-27-29-31-33-35-37-39-41-49-43-46(3,45-51-52(4,47)48)44-50-42-40-38-36-34-32-30-28-26-24-22-20-18-16-14-12-10-8-6-2/h5-45H2,1-4H3. The van der Waals surface area contributed by atoms with Crippen molar-refractivity contribution in [1.29, 1.82) is 0 Å². The van der Waals surface area contributed by atoms with Crippen molar-refractivity contribution in [3.05, 3.63) is 0 Å². The van der Waals surface area contributed by atoms with E-state index in [0.717, 1.165) is 19.1 Å². The molecule has 0 saturated carbocycles. The van der Waals surface area contributed by atoms with Crippen LogP contribution in [0, 0.1) is 5.41 Å². The molecule has 0 heterocycles. The number of unbranched alkanes of at least 4 members (excludes halogenated alkanes) is 34. The van der Waals surface area contributed by atoms with Crippen molar-refractivity contribution in [2.45, 2.75) is 252 Å². The Morgan fingerprint density at radius 2 is 0.558 bits per heavy atom. The summed E-state index contributed by atoms with van der Waals surface area (Å²) in [6.07, 6.45) is 50.4. The summed E-state index contributed by atoms with van der Waals surface area (Å²) >= 11 is 0. The van der Waals surface area contributed by atoms with E-state index < -0.39 is 15.5 Å². The number of rotatable bonds is 45. The van der Waals surface area contributed by atoms with Crippen LogP contribution in [0.4, 0.5) is 0 Å². The van der Waals surface area contributed by atoms with Gasteiger partial charge in [0.25, 0.3) is 10.1 Å². The zero-order valence-electron chi connectivity index (χ0n) is 35.9. The van der Waals surface area contributed by atoms with Crippen LogP contribution in [-0.4, -0.2) is 47.7 Å². The lowest BCUT2D eigenvalue weighted by Crippen LogP contribution is -2.35. The highest BCUT2D eigenvalue weighted by molar-refractivity contribution is 7.85. The Morgan fingerprint density at radius 1 is 0.346 bits per heavy atom. The fourth-order valence-electron chi connectivity index (χ4n) is 7.22.